The van der Waals surface area contributed by atoms with Crippen molar-refractivity contribution in [1.82, 2.24) is 0 Å². The lowest BCUT2D eigenvalue weighted by Gasteiger charge is -2.12. The van der Waals surface area contributed by atoms with E-state index in [1.807, 2.05) is 0 Å². The van der Waals surface area contributed by atoms with E-state index in [1.165, 1.54) is 22.6 Å². The van der Waals surface area contributed by atoms with E-state index in [0.717, 1.165) is 12.1 Å². The molecule has 0 unspecified atom stereocenters. The van der Waals surface area contributed by atoms with Crippen molar-refractivity contribution in [3.63, 3.8) is 0 Å². The first kappa shape index (κ1) is 14.2. The number of Topliss-reactive ketones (excluding diaryl/α,β-unsaturated/α-hetero) is 1. The molecule has 1 aromatic carbocycles. The number of halogens is 6. The molecular weight excluding hydrogens is 423 g/mol. The lowest BCUT2D eigenvalue weighted by Crippen LogP contribution is -2.13. The summed E-state index contributed by atoms with van der Waals surface area (Å²) >= 11 is 10.1. The minimum absolute atomic E-state index is 0.0295. The Kier molecular flexibility index (Phi) is 4.65. The lowest BCUT2D eigenvalue weighted by molar-refractivity contribution is -0.138. The number of rotatable bonds is 2. The fraction of sp³-hybridized carbons (Fsp3) is 0.222. The van der Waals surface area contributed by atoms with Gasteiger partial charge in [0.15, 0.2) is 5.78 Å². The molecule has 0 aliphatic heterocycles. The van der Waals surface area contributed by atoms with Gasteiger partial charge in [-0.3, -0.25) is 4.79 Å². The zero-order chi connectivity index (χ0) is 12.5. The van der Waals surface area contributed by atoms with Gasteiger partial charge >= 0.3 is 6.18 Å². The molecule has 0 N–H and O–H groups in total. The molecule has 0 amide bonds. The van der Waals surface area contributed by atoms with Gasteiger partial charge < -0.3 is 0 Å². The molecule has 0 fully saturated rings. The van der Waals surface area contributed by atoms with Crippen LogP contribution in [-0.4, -0.2) is 11.1 Å². The molecule has 0 radical (unpaired) electrons. The molecule has 0 aliphatic carbocycles. The number of hydrogen-bond acceptors (Lipinski definition) is 1. The topological polar surface area (TPSA) is 17.1 Å². The van der Waals surface area contributed by atoms with Crippen molar-refractivity contribution < 1.29 is 18.0 Å². The van der Waals surface area contributed by atoms with E-state index in [4.69, 9.17) is 11.6 Å². The first-order chi connectivity index (χ1) is 7.29. The summed E-state index contributed by atoms with van der Waals surface area (Å²) in [5, 5.41) is -0.0360. The maximum absolute atomic E-state index is 12.6. The van der Waals surface area contributed by atoms with E-state index in [-0.39, 0.29) is 19.5 Å². The summed E-state index contributed by atoms with van der Waals surface area (Å²) in [7, 11) is 0. The van der Waals surface area contributed by atoms with Crippen LogP contribution in [0.25, 0.3) is 0 Å². The van der Waals surface area contributed by atoms with Gasteiger partial charge in [-0.1, -0.05) is 27.5 Å². The van der Waals surface area contributed by atoms with Crippen LogP contribution >= 0.6 is 50.1 Å². The molecule has 1 nitrogen and oxygen atoms in total. The molecular formula is C9H4BrClF3IO. The van der Waals surface area contributed by atoms with Crippen LogP contribution in [0.2, 0.25) is 5.02 Å². The number of benzene rings is 1. The van der Waals surface area contributed by atoms with Gasteiger partial charge in [0.25, 0.3) is 0 Å². The van der Waals surface area contributed by atoms with Crippen molar-refractivity contribution in [3.05, 3.63) is 31.9 Å². The van der Waals surface area contributed by atoms with E-state index in [9.17, 15) is 18.0 Å². The minimum Gasteiger partial charge on any atom is -0.293 e. The highest BCUT2D eigenvalue weighted by molar-refractivity contribution is 14.1. The van der Waals surface area contributed by atoms with E-state index >= 15 is 0 Å². The van der Waals surface area contributed by atoms with Crippen molar-refractivity contribution in [2.75, 3.05) is 5.33 Å². The van der Waals surface area contributed by atoms with Crippen LogP contribution in [-0.2, 0) is 6.18 Å². The maximum atomic E-state index is 12.6. The van der Waals surface area contributed by atoms with Gasteiger partial charge in [0.05, 0.1) is 21.5 Å². The molecule has 0 spiro atoms. The van der Waals surface area contributed by atoms with Crippen molar-refractivity contribution in [2.45, 2.75) is 6.18 Å². The van der Waals surface area contributed by atoms with Crippen LogP contribution in [0.3, 0.4) is 0 Å². The third-order valence-electron chi connectivity index (χ3n) is 1.80. The molecule has 0 aromatic heterocycles. The van der Waals surface area contributed by atoms with E-state index < -0.39 is 17.5 Å². The Labute approximate surface area is 117 Å². The quantitative estimate of drug-likeness (QED) is 0.385. The maximum Gasteiger partial charge on any atom is 0.417 e. The molecule has 0 heterocycles. The monoisotopic (exact) mass is 426 g/mol. The zero-order valence-corrected chi connectivity index (χ0v) is 12.0. The highest BCUT2D eigenvalue weighted by atomic mass is 127. The summed E-state index contributed by atoms with van der Waals surface area (Å²) < 4.78 is 37.5. The Hall–Kier alpha value is 0.180. The Morgan fingerprint density at radius 3 is 2.44 bits per heavy atom. The minimum atomic E-state index is -4.48. The largest absolute Gasteiger partial charge is 0.417 e. The third kappa shape index (κ3) is 2.89. The fourth-order valence-electron chi connectivity index (χ4n) is 1.09. The molecule has 1 rings (SSSR count). The van der Waals surface area contributed by atoms with Gasteiger partial charge in [-0.15, -0.1) is 0 Å². The predicted molar refractivity (Wildman–Crippen MR) is 67.3 cm³/mol. The number of carbonyl (C=O) groups is 1. The SMILES string of the molecule is O=C(CBr)c1c(Cl)ccc(C(F)(F)F)c1I. The highest BCUT2D eigenvalue weighted by Crippen LogP contribution is 2.36. The van der Waals surface area contributed by atoms with Gasteiger partial charge in [-0.2, -0.15) is 13.2 Å². The summed E-state index contributed by atoms with van der Waals surface area (Å²) in [4.78, 5) is 11.4. The van der Waals surface area contributed by atoms with Gasteiger partial charge in [0.1, 0.15) is 0 Å². The van der Waals surface area contributed by atoms with Crippen LogP contribution in [0.1, 0.15) is 15.9 Å². The average Bonchev–Trinajstić information content (AvgIpc) is 2.15. The second-order valence-electron chi connectivity index (χ2n) is 2.84. The third-order valence-corrected chi connectivity index (χ3v) is 3.74. The smallest absolute Gasteiger partial charge is 0.293 e. The fourth-order valence-corrected chi connectivity index (χ4v) is 2.87. The summed E-state index contributed by atoms with van der Waals surface area (Å²) in [5.41, 5.74) is -0.934. The Morgan fingerprint density at radius 1 is 1.44 bits per heavy atom. The van der Waals surface area contributed by atoms with Crippen LogP contribution < -0.4 is 0 Å². The Bertz CT molecular complexity index is 433. The molecule has 7 heteroatoms. The summed E-state index contributed by atoms with van der Waals surface area (Å²) in [5.74, 6) is -0.472. The summed E-state index contributed by atoms with van der Waals surface area (Å²) in [6.45, 7) is 0. The number of alkyl halides is 4. The molecule has 0 saturated heterocycles. The van der Waals surface area contributed by atoms with Gasteiger partial charge in [-0.25, -0.2) is 0 Å². The van der Waals surface area contributed by atoms with Crippen LogP contribution in [0.5, 0.6) is 0 Å². The Balaban J connectivity index is 3.45. The first-order valence-corrected chi connectivity index (χ1v) is 6.51. The van der Waals surface area contributed by atoms with Gasteiger partial charge in [-0.05, 0) is 34.7 Å². The zero-order valence-electron chi connectivity index (χ0n) is 7.54. The van der Waals surface area contributed by atoms with E-state index in [0.29, 0.717) is 0 Å². The van der Waals surface area contributed by atoms with Crippen molar-refractivity contribution >= 4 is 55.9 Å². The Morgan fingerprint density at radius 2 is 2.00 bits per heavy atom. The standard InChI is InChI=1S/C9H4BrClF3IO/c10-3-6(16)7-5(11)2-1-4(8(7)15)9(12,13)14/h1-2H,3H2. The second kappa shape index (κ2) is 5.22. The van der Waals surface area contributed by atoms with E-state index in [1.54, 1.807) is 0 Å². The molecule has 0 saturated carbocycles. The molecule has 1 aromatic rings. The van der Waals surface area contributed by atoms with Gasteiger partial charge in [0.2, 0.25) is 0 Å². The molecule has 0 aliphatic rings. The van der Waals surface area contributed by atoms with E-state index in [2.05, 4.69) is 15.9 Å². The van der Waals surface area contributed by atoms with Crippen LogP contribution in [0.15, 0.2) is 12.1 Å². The normalized spacial score (nSPS) is 11.6. The second-order valence-corrected chi connectivity index (χ2v) is 4.89. The number of carbonyl (C=O) groups excluding carboxylic acids is 1. The van der Waals surface area contributed by atoms with Crippen LogP contribution in [0, 0.1) is 3.57 Å². The molecule has 0 bridgehead atoms. The number of hydrogen-bond donors (Lipinski definition) is 0. The first-order valence-electron chi connectivity index (χ1n) is 3.93. The lowest BCUT2D eigenvalue weighted by atomic mass is 10.1. The van der Waals surface area contributed by atoms with Gasteiger partial charge in [0, 0.05) is 3.57 Å². The number of ketones is 1. The molecule has 88 valence electrons. The van der Waals surface area contributed by atoms with Crippen molar-refractivity contribution in [2.24, 2.45) is 0 Å². The molecule has 16 heavy (non-hydrogen) atoms. The van der Waals surface area contributed by atoms with Crippen molar-refractivity contribution in [1.29, 1.82) is 0 Å². The highest BCUT2D eigenvalue weighted by Gasteiger charge is 2.35. The molecule has 0 atom stereocenters. The summed E-state index contributed by atoms with van der Waals surface area (Å²) in [6, 6.07) is 1.96. The van der Waals surface area contributed by atoms with Crippen molar-refractivity contribution in [3.8, 4) is 0 Å². The predicted octanol–water partition coefficient (Wildman–Crippen LogP) is 4.54. The van der Waals surface area contributed by atoms with Crippen LogP contribution in [0.4, 0.5) is 13.2 Å². The average molecular weight is 427 g/mol. The summed E-state index contributed by atoms with van der Waals surface area (Å²) in [6.07, 6.45) is -4.48.